The van der Waals surface area contributed by atoms with Gasteiger partial charge in [0, 0.05) is 25.3 Å². The van der Waals surface area contributed by atoms with E-state index in [0.717, 1.165) is 5.56 Å². The number of ether oxygens (including phenoxy) is 1. The summed E-state index contributed by atoms with van der Waals surface area (Å²) < 4.78 is 61.0. The number of aryl methyl sites for hydroxylation is 1. The van der Waals surface area contributed by atoms with Crippen LogP contribution >= 0.6 is 0 Å². The van der Waals surface area contributed by atoms with Crippen LogP contribution in [-0.4, -0.2) is 66.3 Å². The quantitative estimate of drug-likeness (QED) is 0.235. The Labute approximate surface area is 191 Å². The Balaban J connectivity index is 1.66. The first-order chi connectivity index (χ1) is 15.8. The number of hydrogen-bond donors (Lipinski definition) is 4. The number of aliphatic hydroxyl groups is 2. The lowest BCUT2D eigenvalue weighted by Crippen LogP contribution is -2.42. The van der Waals surface area contributed by atoms with Crippen molar-refractivity contribution in [1.29, 1.82) is 0 Å². The second kappa shape index (κ2) is 14.1. The molecule has 0 heterocycles. The summed E-state index contributed by atoms with van der Waals surface area (Å²) in [6.07, 6.45) is -9.83. The molecule has 0 bridgehead atoms. The van der Waals surface area contributed by atoms with Crippen LogP contribution < -0.4 is 5.32 Å². The van der Waals surface area contributed by atoms with Crippen molar-refractivity contribution in [3.05, 3.63) is 65.2 Å². The van der Waals surface area contributed by atoms with E-state index in [2.05, 4.69) is 5.32 Å². The number of rotatable bonds is 15. The number of benzene rings is 2. The van der Waals surface area contributed by atoms with Crippen LogP contribution in [0.1, 0.15) is 29.2 Å². The van der Waals surface area contributed by atoms with E-state index in [9.17, 15) is 27.8 Å². The van der Waals surface area contributed by atoms with Gasteiger partial charge in [-0.2, -0.15) is 0 Å². The van der Waals surface area contributed by atoms with Crippen molar-refractivity contribution in [2.75, 3.05) is 26.3 Å². The minimum Gasteiger partial charge on any atom is -0.508 e. The van der Waals surface area contributed by atoms with Gasteiger partial charge in [0.1, 0.15) is 11.9 Å². The molecule has 9 heteroatoms. The van der Waals surface area contributed by atoms with Crippen LogP contribution in [0.15, 0.2) is 48.5 Å². The largest absolute Gasteiger partial charge is 0.508 e. The van der Waals surface area contributed by atoms with E-state index in [4.69, 9.17) is 9.84 Å². The molecular weight excluding hydrogens is 442 g/mol. The molecule has 0 aliphatic heterocycles. The van der Waals surface area contributed by atoms with Crippen molar-refractivity contribution < 1.29 is 37.6 Å². The maximum absolute atomic E-state index is 14.0. The van der Waals surface area contributed by atoms with E-state index in [1.807, 2.05) is 30.3 Å². The number of aromatic hydroxyl groups is 1. The van der Waals surface area contributed by atoms with Crippen LogP contribution in [0.4, 0.5) is 17.6 Å². The summed E-state index contributed by atoms with van der Waals surface area (Å²) in [5.74, 6) is -0.138. The Morgan fingerprint density at radius 1 is 0.909 bits per heavy atom. The molecule has 0 aliphatic carbocycles. The van der Waals surface area contributed by atoms with Gasteiger partial charge in [-0.1, -0.05) is 36.4 Å². The second-order valence-corrected chi connectivity index (χ2v) is 7.81. The van der Waals surface area contributed by atoms with Gasteiger partial charge in [-0.15, -0.1) is 0 Å². The molecule has 184 valence electrons. The van der Waals surface area contributed by atoms with Crippen molar-refractivity contribution >= 4 is 0 Å². The lowest BCUT2D eigenvalue weighted by Gasteiger charge is -2.21. The zero-order valence-corrected chi connectivity index (χ0v) is 18.2. The average molecular weight is 474 g/mol. The molecule has 0 spiro atoms. The Bertz CT molecular complexity index is 814. The van der Waals surface area contributed by atoms with Crippen LogP contribution in [0.25, 0.3) is 0 Å². The third-order valence-electron chi connectivity index (χ3n) is 5.20. The van der Waals surface area contributed by atoms with Crippen LogP contribution in [0.3, 0.4) is 0 Å². The molecule has 2 aromatic carbocycles. The highest BCUT2D eigenvalue weighted by Crippen LogP contribution is 2.22. The lowest BCUT2D eigenvalue weighted by atomic mass is 10.0. The Morgan fingerprint density at radius 2 is 1.61 bits per heavy atom. The zero-order chi connectivity index (χ0) is 24.2. The van der Waals surface area contributed by atoms with Gasteiger partial charge in [0.05, 0.1) is 19.3 Å². The average Bonchev–Trinajstić information content (AvgIpc) is 2.83. The molecule has 5 unspecified atom stereocenters. The van der Waals surface area contributed by atoms with E-state index >= 15 is 0 Å². The van der Waals surface area contributed by atoms with Crippen LogP contribution in [0.5, 0.6) is 5.75 Å². The Morgan fingerprint density at radius 3 is 2.30 bits per heavy atom. The SMILES string of the molecule is OCc1cc(C(O)CNCC(F)C(F)C(F)C(F)COCCCc2ccccc2)ccc1O. The van der Waals surface area contributed by atoms with Crippen molar-refractivity contribution in [2.45, 2.75) is 50.2 Å². The van der Waals surface area contributed by atoms with Crippen molar-refractivity contribution in [3.63, 3.8) is 0 Å². The maximum atomic E-state index is 14.0. The predicted octanol–water partition coefficient (Wildman–Crippen LogP) is 3.51. The van der Waals surface area contributed by atoms with Crippen LogP contribution in [-0.2, 0) is 17.8 Å². The number of aliphatic hydroxyl groups excluding tert-OH is 2. The van der Waals surface area contributed by atoms with Crippen molar-refractivity contribution in [1.82, 2.24) is 5.32 Å². The topological polar surface area (TPSA) is 82.0 Å². The summed E-state index contributed by atoms with van der Waals surface area (Å²) in [4.78, 5) is 0. The molecule has 5 nitrogen and oxygen atoms in total. The summed E-state index contributed by atoms with van der Waals surface area (Å²) in [7, 11) is 0. The van der Waals surface area contributed by atoms with Crippen LogP contribution in [0.2, 0.25) is 0 Å². The van der Waals surface area contributed by atoms with Crippen LogP contribution in [0, 0.1) is 0 Å². The fourth-order valence-electron chi connectivity index (χ4n) is 3.24. The molecule has 4 N–H and O–H groups in total. The van der Waals surface area contributed by atoms with Gasteiger partial charge < -0.3 is 25.4 Å². The predicted molar refractivity (Wildman–Crippen MR) is 117 cm³/mol. The van der Waals surface area contributed by atoms with Gasteiger partial charge in [0.2, 0.25) is 0 Å². The molecule has 5 atom stereocenters. The fourth-order valence-corrected chi connectivity index (χ4v) is 3.24. The van der Waals surface area contributed by atoms with Gasteiger partial charge in [-0.05, 0) is 36.1 Å². The molecule has 2 rings (SSSR count). The zero-order valence-electron chi connectivity index (χ0n) is 18.2. The first-order valence-corrected chi connectivity index (χ1v) is 10.8. The Hall–Kier alpha value is -2.20. The summed E-state index contributed by atoms with van der Waals surface area (Å²) in [5, 5.41) is 31.2. The van der Waals surface area contributed by atoms with Crippen molar-refractivity contribution in [3.8, 4) is 5.75 Å². The number of alkyl halides is 4. The van der Waals surface area contributed by atoms with Gasteiger partial charge in [0.15, 0.2) is 18.5 Å². The van der Waals surface area contributed by atoms with E-state index < -0.39 is 50.5 Å². The monoisotopic (exact) mass is 473 g/mol. The third kappa shape index (κ3) is 8.92. The smallest absolute Gasteiger partial charge is 0.167 e. The molecule has 0 saturated heterocycles. The molecule has 33 heavy (non-hydrogen) atoms. The Kier molecular flexibility index (Phi) is 11.6. The molecule has 0 aliphatic rings. The third-order valence-corrected chi connectivity index (χ3v) is 5.20. The number of nitrogens with one attached hydrogen (secondary N) is 1. The number of halogens is 4. The van der Waals surface area contributed by atoms with Gasteiger partial charge in [-0.25, -0.2) is 17.6 Å². The molecule has 0 aromatic heterocycles. The molecule has 0 fully saturated rings. The fraction of sp³-hybridized carbons (Fsp3) is 0.500. The highest BCUT2D eigenvalue weighted by Gasteiger charge is 2.36. The highest BCUT2D eigenvalue weighted by atomic mass is 19.2. The molecular formula is C24H31F4NO4. The van der Waals surface area contributed by atoms with Crippen molar-refractivity contribution in [2.24, 2.45) is 0 Å². The normalized spacial score (nSPS) is 16.2. The molecule has 2 aromatic rings. The van der Waals surface area contributed by atoms with E-state index in [0.29, 0.717) is 18.4 Å². The van der Waals surface area contributed by atoms with E-state index in [-0.39, 0.29) is 24.5 Å². The molecule has 0 saturated carbocycles. The summed E-state index contributed by atoms with van der Waals surface area (Å²) in [6, 6.07) is 13.6. The summed E-state index contributed by atoms with van der Waals surface area (Å²) in [6.45, 7) is -1.75. The maximum Gasteiger partial charge on any atom is 0.167 e. The minimum absolute atomic E-state index is 0.138. The van der Waals surface area contributed by atoms with Gasteiger partial charge in [-0.3, -0.25) is 0 Å². The second-order valence-electron chi connectivity index (χ2n) is 7.81. The first-order valence-electron chi connectivity index (χ1n) is 10.8. The lowest BCUT2D eigenvalue weighted by molar-refractivity contribution is -0.00988. The van der Waals surface area contributed by atoms with Gasteiger partial charge in [0.25, 0.3) is 0 Å². The van der Waals surface area contributed by atoms with E-state index in [1.54, 1.807) is 0 Å². The molecule has 0 radical (unpaired) electrons. The molecule has 0 amide bonds. The highest BCUT2D eigenvalue weighted by molar-refractivity contribution is 5.36. The summed E-state index contributed by atoms with van der Waals surface area (Å²) >= 11 is 0. The summed E-state index contributed by atoms with van der Waals surface area (Å²) in [5.41, 5.74) is 1.63. The minimum atomic E-state index is -2.69. The first kappa shape index (κ1) is 27.0. The standard InChI is InChI=1S/C24H31F4NO4/c25-19(12-29-13-22(32)17-8-9-21(31)18(11-17)14-30)23(27)24(28)20(26)15-33-10-4-7-16-5-2-1-3-6-16/h1-3,5-6,8-9,11,19-20,22-24,29-32H,4,7,10,12-15H2. The van der Waals surface area contributed by atoms with Gasteiger partial charge >= 0.3 is 0 Å². The van der Waals surface area contributed by atoms with E-state index in [1.165, 1.54) is 18.2 Å². The number of phenols is 1. The number of hydrogen-bond acceptors (Lipinski definition) is 5.